The van der Waals surface area contributed by atoms with E-state index in [1.54, 1.807) is 0 Å². The van der Waals surface area contributed by atoms with Gasteiger partial charge in [-0.2, -0.15) is 0 Å². The Morgan fingerprint density at radius 3 is 0.964 bits per heavy atom. The highest BCUT2D eigenvalue weighted by atomic mass is 16.6. The Hall–Kier alpha value is -2.11. The first kappa shape index (κ1) is 53.9. The van der Waals surface area contributed by atoms with Gasteiger partial charge in [0.15, 0.2) is 6.10 Å². The second-order valence-electron chi connectivity index (χ2n) is 16.4. The number of carbonyl (C=O) groups is 3. The van der Waals surface area contributed by atoms with Crippen LogP contribution >= 0.6 is 0 Å². The zero-order valence-electron chi connectivity index (χ0n) is 37.4. The molecule has 0 radical (unpaired) electrons. The predicted molar refractivity (Wildman–Crippen MR) is 238 cm³/mol. The average molecular weight is 789 g/mol. The Bertz CT molecular complexity index is 911. The molecule has 0 spiro atoms. The van der Waals surface area contributed by atoms with Crippen LogP contribution in [0.4, 0.5) is 0 Å². The van der Waals surface area contributed by atoms with Gasteiger partial charge >= 0.3 is 17.9 Å². The molecule has 56 heavy (non-hydrogen) atoms. The molecule has 0 aliphatic rings. The average Bonchev–Trinajstić information content (AvgIpc) is 3.19. The second kappa shape index (κ2) is 45.6. The summed E-state index contributed by atoms with van der Waals surface area (Å²) in [5.74, 6) is -0.883. The fourth-order valence-corrected chi connectivity index (χ4v) is 6.97. The van der Waals surface area contributed by atoms with Crippen molar-refractivity contribution in [3.8, 4) is 0 Å². The van der Waals surface area contributed by atoms with Crippen LogP contribution in [0.3, 0.4) is 0 Å². The second-order valence-corrected chi connectivity index (χ2v) is 16.4. The van der Waals surface area contributed by atoms with E-state index in [0.29, 0.717) is 19.3 Å². The van der Waals surface area contributed by atoms with Crippen LogP contribution < -0.4 is 0 Å². The molecule has 0 fully saturated rings. The van der Waals surface area contributed by atoms with Crippen LogP contribution in [0, 0.1) is 0 Å². The number of allylic oxidation sites excluding steroid dienone is 4. The van der Waals surface area contributed by atoms with Crippen molar-refractivity contribution in [1.29, 1.82) is 0 Å². The lowest BCUT2D eigenvalue weighted by atomic mass is 10.1. The summed E-state index contributed by atoms with van der Waals surface area (Å²) in [5.41, 5.74) is 0. The molecule has 0 bridgehead atoms. The lowest BCUT2D eigenvalue weighted by Gasteiger charge is -2.18. The fraction of sp³-hybridized carbons (Fsp3) is 0.860. The molecule has 0 aromatic carbocycles. The molecule has 0 N–H and O–H groups in total. The Labute approximate surface area is 347 Å². The van der Waals surface area contributed by atoms with E-state index in [0.717, 1.165) is 77.0 Å². The molecule has 6 heteroatoms. The van der Waals surface area contributed by atoms with Gasteiger partial charge < -0.3 is 14.2 Å². The van der Waals surface area contributed by atoms with E-state index in [1.807, 2.05) is 0 Å². The molecule has 1 atom stereocenters. The molecule has 0 aromatic rings. The summed E-state index contributed by atoms with van der Waals surface area (Å²) in [6, 6.07) is 0. The molecule has 0 amide bonds. The SMILES string of the molecule is CCC/C=C\CCCCCCCC(=O)OC(COC(=O)CCCCCCCCC/C=C\CCCCCCCCC)COC(=O)CCCCCCCCCCCC. The number of rotatable bonds is 44. The van der Waals surface area contributed by atoms with E-state index in [4.69, 9.17) is 14.2 Å². The minimum absolute atomic E-state index is 0.0733. The molecule has 0 saturated carbocycles. The van der Waals surface area contributed by atoms with Gasteiger partial charge in [-0.1, -0.05) is 199 Å². The van der Waals surface area contributed by atoms with E-state index < -0.39 is 6.10 Å². The monoisotopic (exact) mass is 789 g/mol. The van der Waals surface area contributed by atoms with Crippen molar-refractivity contribution in [2.45, 2.75) is 264 Å². The van der Waals surface area contributed by atoms with Gasteiger partial charge in [-0.15, -0.1) is 0 Å². The molecule has 0 aromatic heterocycles. The lowest BCUT2D eigenvalue weighted by molar-refractivity contribution is -0.167. The van der Waals surface area contributed by atoms with E-state index in [-0.39, 0.29) is 31.1 Å². The lowest BCUT2D eigenvalue weighted by Crippen LogP contribution is -2.30. The third kappa shape index (κ3) is 43.0. The Morgan fingerprint density at radius 1 is 0.339 bits per heavy atom. The van der Waals surface area contributed by atoms with Gasteiger partial charge in [0.25, 0.3) is 0 Å². The van der Waals surface area contributed by atoms with Gasteiger partial charge in [0, 0.05) is 19.3 Å². The predicted octanol–water partition coefficient (Wildman–Crippen LogP) is 15.6. The number of carbonyl (C=O) groups excluding carboxylic acids is 3. The van der Waals surface area contributed by atoms with Crippen molar-refractivity contribution in [3.05, 3.63) is 24.3 Å². The Kier molecular flexibility index (Phi) is 43.9. The third-order valence-corrected chi connectivity index (χ3v) is 10.7. The molecular weight excluding hydrogens is 697 g/mol. The molecule has 328 valence electrons. The van der Waals surface area contributed by atoms with Gasteiger partial charge in [-0.05, 0) is 64.2 Å². The van der Waals surface area contributed by atoms with Crippen molar-refractivity contribution >= 4 is 17.9 Å². The Morgan fingerprint density at radius 2 is 0.625 bits per heavy atom. The highest BCUT2D eigenvalue weighted by molar-refractivity contribution is 5.71. The first-order valence-corrected chi connectivity index (χ1v) is 24.3. The van der Waals surface area contributed by atoms with Gasteiger partial charge in [-0.3, -0.25) is 14.4 Å². The molecule has 0 aliphatic heterocycles. The van der Waals surface area contributed by atoms with Crippen LogP contribution in [0.1, 0.15) is 258 Å². The van der Waals surface area contributed by atoms with Crippen molar-refractivity contribution < 1.29 is 28.6 Å². The third-order valence-electron chi connectivity index (χ3n) is 10.7. The van der Waals surface area contributed by atoms with Crippen LogP contribution in [0.15, 0.2) is 24.3 Å². The smallest absolute Gasteiger partial charge is 0.306 e. The standard InChI is InChI=1S/C50H92O6/c1-4-7-10-13-16-19-22-23-24-25-26-27-28-29-32-34-37-40-43-49(52)55-46-47(56-50(53)44-41-38-35-31-21-18-15-12-9-6-3)45-54-48(51)42-39-36-33-30-20-17-14-11-8-5-2/h12,15,24-25,47H,4-11,13-14,16-23,26-46H2,1-3H3/b15-12-,25-24-. The van der Waals surface area contributed by atoms with E-state index in [9.17, 15) is 14.4 Å². The zero-order valence-corrected chi connectivity index (χ0v) is 37.4. The number of hydrogen-bond acceptors (Lipinski definition) is 6. The van der Waals surface area contributed by atoms with Crippen LogP contribution in [-0.2, 0) is 28.6 Å². The minimum atomic E-state index is -0.770. The largest absolute Gasteiger partial charge is 0.462 e. The quantitative estimate of drug-likeness (QED) is 0.0265. The molecule has 6 nitrogen and oxygen atoms in total. The van der Waals surface area contributed by atoms with Crippen LogP contribution in [0.25, 0.3) is 0 Å². The zero-order chi connectivity index (χ0) is 40.8. The summed E-state index contributed by atoms with van der Waals surface area (Å²) in [5, 5.41) is 0. The fourth-order valence-electron chi connectivity index (χ4n) is 6.97. The number of hydrogen-bond donors (Lipinski definition) is 0. The topological polar surface area (TPSA) is 78.9 Å². The van der Waals surface area contributed by atoms with Gasteiger partial charge in [0.05, 0.1) is 0 Å². The first-order chi connectivity index (χ1) is 27.5. The van der Waals surface area contributed by atoms with Gasteiger partial charge in [-0.25, -0.2) is 0 Å². The van der Waals surface area contributed by atoms with E-state index >= 15 is 0 Å². The van der Waals surface area contributed by atoms with Gasteiger partial charge in [0.2, 0.25) is 0 Å². The van der Waals surface area contributed by atoms with Crippen molar-refractivity contribution in [3.63, 3.8) is 0 Å². The summed E-state index contributed by atoms with van der Waals surface area (Å²) in [6.07, 6.45) is 50.2. The number of ether oxygens (including phenoxy) is 3. The first-order valence-electron chi connectivity index (χ1n) is 24.3. The van der Waals surface area contributed by atoms with Crippen molar-refractivity contribution in [2.24, 2.45) is 0 Å². The number of esters is 3. The van der Waals surface area contributed by atoms with E-state index in [2.05, 4.69) is 45.1 Å². The summed E-state index contributed by atoms with van der Waals surface area (Å²) in [7, 11) is 0. The van der Waals surface area contributed by atoms with Crippen molar-refractivity contribution in [1.82, 2.24) is 0 Å². The highest BCUT2D eigenvalue weighted by Gasteiger charge is 2.19. The van der Waals surface area contributed by atoms with Crippen molar-refractivity contribution in [2.75, 3.05) is 13.2 Å². The Balaban J connectivity index is 4.27. The van der Waals surface area contributed by atoms with E-state index in [1.165, 1.54) is 141 Å². The maximum absolute atomic E-state index is 12.7. The maximum atomic E-state index is 12.7. The highest BCUT2D eigenvalue weighted by Crippen LogP contribution is 2.15. The molecule has 0 rings (SSSR count). The summed E-state index contributed by atoms with van der Waals surface area (Å²) < 4.78 is 16.7. The minimum Gasteiger partial charge on any atom is -0.462 e. The maximum Gasteiger partial charge on any atom is 0.306 e. The van der Waals surface area contributed by atoms with Crippen LogP contribution in [0.2, 0.25) is 0 Å². The summed E-state index contributed by atoms with van der Waals surface area (Å²) in [6.45, 7) is 6.56. The number of unbranched alkanes of at least 4 members (excludes halogenated alkanes) is 29. The molecule has 0 aliphatic carbocycles. The molecular formula is C50H92O6. The molecule has 0 heterocycles. The summed E-state index contributed by atoms with van der Waals surface area (Å²) >= 11 is 0. The normalized spacial score (nSPS) is 12.1. The summed E-state index contributed by atoms with van der Waals surface area (Å²) in [4.78, 5) is 37.7. The van der Waals surface area contributed by atoms with Crippen LogP contribution in [0.5, 0.6) is 0 Å². The molecule has 0 saturated heterocycles. The van der Waals surface area contributed by atoms with Gasteiger partial charge in [0.1, 0.15) is 13.2 Å². The van der Waals surface area contributed by atoms with Crippen LogP contribution in [-0.4, -0.2) is 37.2 Å². The molecule has 1 unspecified atom stereocenters.